The third-order valence-corrected chi connectivity index (χ3v) is 1.56. The van der Waals surface area contributed by atoms with E-state index < -0.39 is 0 Å². The van der Waals surface area contributed by atoms with Gasteiger partial charge in [-0.3, -0.25) is 0 Å². The Balaban J connectivity index is 3.09. The zero-order chi connectivity index (χ0) is 8.27. The molecule has 2 nitrogen and oxygen atoms in total. The molecular weight excluding hydrogens is 136 g/mol. The maximum absolute atomic E-state index is 3.97. The van der Waals surface area contributed by atoms with Crippen molar-refractivity contribution in [1.82, 2.24) is 0 Å². The van der Waals surface area contributed by atoms with Crippen LogP contribution in [0.2, 0.25) is 0 Å². The lowest BCUT2D eigenvalue weighted by atomic mass is 10.1. The predicted octanol–water partition coefficient (Wildman–Crippen LogP) is 3.02. The molecular formula is C9H12N2. The minimum atomic E-state index is 0.957. The molecule has 0 atom stereocenters. The van der Waals surface area contributed by atoms with Gasteiger partial charge in [0, 0.05) is 7.05 Å². The van der Waals surface area contributed by atoms with Gasteiger partial charge in [-0.05, 0) is 25.5 Å². The maximum atomic E-state index is 3.97. The van der Waals surface area contributed by atoms with E-state index >= 15 is 0 Å². The molecule has 0 unspecified atom stereocenters. The molecule has 0 aromatic heterocycles. The Kier molecular flexibility index (Phi) is 2.36. The molecule has 1 aromatic rings. The highest BCUT2D eigenvalue weighted by atomic mass is 15.1. The van der Waals surface area contributed by atoms with Crippen LogP contribution in [0.3, 0.4) is 0 Å². The first-order valence-corrected chi connectivity index (χ1v) is 3.61. The zero-order valence-corrected chi connectivity index (χ0v) is 7.13. The van der Waals surface area contributed by atoms with Crippen molar-refractivity contribution in [2.45, 2.75) is 13.8 Å². The van der Waals surface area contributed by atoms with Crippen molar-refractivity contribution in [1.29, 1.82) is 0 Å². The summed E-state index contributed by atoms with van der Waals surface area (Å²) in [5.74, 6) is 0. The molecule has 0 bridgehead atoms. The predicted molar refractivity (Wildman–Crippen MR) is 46.4 cm³/mol. The van der Waals surface area contributed by atoms with Crippen molar-refractivity contribution in [3.05, 3.63) is 29.3 Å². The molecule has 0 N–H and O–H groups in total. The molecule has 0 saturated heterocycles. The molecule has 58 valence electrons. The number of hydrogen-bond donors (Lipinski definition) is 0. The number of benzene rings is 1. The van der Waals surface area contributed by atoms with Gasteiger partial charge in [-0.25, -0.2) is 0 Å². The van der Waals surface area contributed by atoms with E-state index in [4.69, 9.17) is 0 Å². The average Bonchev–Trinajstić information content (AvgIpc) is 1.95. The van der Waals surface area contributed by atoms with Gasteiger partial charge in [0.05, 0.1) is 5.69 Å². The van der Waals surface area contributed by atoms with E-state index in [1.807, 2.05) is 19.1 Å². The van der Waals surface area contributed by atoms with Crippen LogP contribution in [0, 0.1) is 13.8 Å². The third kappa shape index (κ3) is 1.87. The van der Waals surface area contributed by atoms with Crippen molar-refractivity contribution in [2.24, 2.45) is 10.2 Å². The first-order chi connectivity index (χ1) is 5.24. The highest BCUT2D eigenvalue weighted by molar-refractivity contribution is 5.46. The molecule has 0 fully saturated rings. The van der Waals surface area contributed by atoms with Gasteiger partial charge in [0.15, 0.2) is 0 Å². The molecule has 1 rings (SSSR count). The Morgan fingerprint density at radius 2 is 1.91 bits per heavy atom. The summed E-state index contributed by atoms with van der Waals surface area (Å²) in [6.07, 6.45) is 0. The van der Waals surface area contributed by atoms with Crippen LogP contribution in [0.5, 0.6) is 0 Å². The van der Waals surface area contributed by atoms with Crippen molar-refractivity contribution in [3.8, 4) is 0 Å². The van der Waals surface area contributed by atoms with Crippen LogP contribution in [0.25, 0.3) is 0 Å². The fourth-order valence-electron chi connectivity index (χ4n) is 1.03. The Bertz CT molecular complexity index is 277. The fourth-order valence-corrected chi connectivity index (χ4v) is 1.03. The summed E-state index contributed by atoms with van der Waals surface area (Å²) in [4.78, 5) is 0. The Morgan fingerprint density at radius 1 is 1.18 bits per heavy atom. The molecule has 0 saturated carbocycles. The molecule has 0 radical (unpaired) electrons. The second kappa shape index (κ2) is 3.28. The van der Waals surface area contributed by atoms with E-state index in [0.29, 0.717) is 0 Å². The van der Waals surface area contributed by atoms with Crippen LogP contribution in [0.4, 0.5) is 5.69 Å². The summed E-state index contributed by atoms with van der Waals surface area (Å²) in [6.45, 7) is 4.11. The van der Waals surface area contributed by atoms with Crippen molar-refractivity contribution < 1.29 is 0 Å². The van der Waals surface area contributed by atoms with Crippen LogP contribution in [0.15, 0.2) is 28.4 Å². The standard InChI is InChI=1S/C9H12N2/c1-7-4-5-9(11-10-3)8(2)6-7/h4-6H,1-3H3. The molecule has 0 amide bonds. The highest BCUT2D eigenvalue weighted by Gasteiger charge is 1.94. The van der Waals surface area contributed by atoms with Gasteiger partial charge in [-0.1, -0.05) is 17.7 Å². The SMILES string of the molecule is CN=Nc1ccc(C)cc1C. The van der Waals surface area contributed by atoms with Crippen LogP contribution < -0.4 is 0 Å². The third-order valence-electron chi connectivity index (χ3n) is 1.56. The van der Waals surface area contributed by atoms with E-state index in [-0.39, 0.29) is 0 Å². The van der Waals surface area contributed by atoms with E-state index in [0.717, 1.165) is 5.69 Å². The lowest BCUT2D eigenvalue weighted by Gasteiger charge is -1.98. The molecule has 0 spiro atoms. The smallest absolute Gasteiger partial charge is 0.0881 e. The number of hydrogen-bond acceptors (Lipinski definition) is 2. The van der Waals surface area contributed by atoms with Gasteiger partial charge in [0.1, 0.15) is 0 Å². The van der Waals surface area contributed by atoms with Crippen LogP contribution in [-0.2, 0) is 0 Å². The van der Waals surface area contributed by atoms with Crippen molar-refractivity contribution in [2.75, 3.05) is 7.05 Å². The van der Waals surface area contributed by atoms with Crippen molar-refractivity contribution >= 4 is 5.69 Å². The Hall–Kier alpha value is -1.18. The summed E-state index contributed by atoms with van der Waals surface area (Å²) in [5.41, 5.74) is 3.39. The van der Waals surface area contributed by atoms with Crippen LogP contribution >= 0.6 is 0 Å². The number of azo groups is 1. The lowest BCUT2D eigenvalue weighted by molar-refractivity contribution is 1.15. The van der Waals surface area contributed by atoms with E-state index in [2.05, 4.69) is 23.2 Å². The molecule has 0 aliphatic carbocycles. The number of rotatable bonds is 1. The molecule has 2 heteroatoms. The monoisotopic (exact) mass is 148 g/mol. The van der Waals surface area contributed by atoms with E-state index in [1.165, 1.54) is 11.1 Å². The molecule has 11 heavy (non-hydrogen) atoms. The van der Waals surface area contributed by atoms with Crippen molar-refractivity contribution in [3.63, 3.8) is 0 Å². The molecule has 0 aliphatic rings. The topological polar surface area (TPSA) is 24.7 Å². The van der Waals surface area contributed by atoms with Gasteiger partial charge < -0.3 is 0 Å². The lowest BCUT2D eigenvalue weighted by Crippen LogP contribution is -1.75. The molecule has 0 heterocycles. The summed E-state index contributed by atoms with van der Waals surface area (Å²) in [5, 5.41) is 7.69. The quantitative estimate of drug-likeness (QED) is 0.547. The average molecular weight is 148 g/mol. The summed E-state index contributed by atoms with van der Waals surface area (Å²) >= 11 is 0. The van der Waals surface area contributed by atoms with Gasteiger partial charge >= 0.3 is 0 Å². The minimum Gasteiger partial charge on any atom is -0.192 e. The van der Waals surface area contributed by atoms with Crippen LogP contribution in [-0.4, -0.2) is 7.05 Å². The molecule has 0 aliphatic heterocycles. The van der Waals surface area contributed by atoms with Gasteiger partial charge in [0.25, 0.3) is 0 Å². The fraction of sp³-hybridized carbons (Fsp3) is 0.333. The second-order valence-corrected chi connectivity index (χ2v) is 2.59. The zero-order valence-electron chi connectivity index (χ0n) is 7.13. The second-order valence-electron chi connectivity index (χ2n) is 2.59. The normalized spacial score (nSPS) is 10.8. The minimum absolute atomic E-state index is 0.957. The van der Waals surface area contributed by atoms with E-state index in [9.17, 15) is 0 Å². The summed E-state index contributed by atoms with van der Waals surface area (Å²) < 4.78 is 0. The number of nitrogens with zero attached hydrogens (tertiary/aromatic N) is 2. The molecule has 1 aromatic carbocycles. The largest absolute Gasteiger partial charge is 0.192 e. The first-order valence-electron chi connectivity index (χ1n) is 3.61. The highest BCUT2D eigenvalue weighted by Crippen LogP contribution is 2.19. The van der Waals surface area contributed by atoms with Gasteiger partial charge in [-0.15, -0.1) is 0 Å². The first kappa shape index (κ1) is 7.92. The number of aryl methyl sites for hydroxylation is 2. The van der Waals surface area contributed by atoms with E-state index in [1.54, 1.807) is 7.05 Å². The van der Waals surface area contributed by atoms with Gasteiger partial charge in [-0.2, -0.15) is 10.2 Å². The van der Waals surface area contributed by atoms with Crippen LogP contribution in [0.1, 0.15) is 11.1 Å². The van der Waals surface area contributed by atoms with Gasteiger partial charge in [0.2, 0.25) is 0 Å². The summed E-state index contributed by atoms with van der Waals surface area (Å²) in [6, 6.07) is 6.12. The maximum Gasteiger partial charge on any atom is 0.0881 e. The Labute approximate surface area is 67.0 Å². The summed E-state index contributed by atoms with van der Waals surface area (Å²) in [7, 11) is 1.68. The Morgan fingerprint density at radius 3 is 2.45 bits per heavy atom.